The zero-order valence-corrected chi connectivity index (χ0v) is 11.7. The van der Waals surface area contributed by atoms with E-state index in [4.69, 9.17) is 4.74 Å². The topological polar surface area (TPSA) is 21.3 Å². The summed E-state index contributed by atoms with van der Waals surface area (Å²) in [5.41, 5.74) is 2.01. The molecule has 0 aliphatic heterocycles. The molecule has 2 rings (SSSR count). The minimum absolute atomic E-state index is 0.222. The monoisotopic (exact) mass is 273 g/mol. The normalized spacial score (nSPS) is 10.5. The van der Waals surface area contributed by atoms with Crippen molar-refractivity contribution in [1.29, 1.82) is 0 Å². The van der Waals surface area contributed by atoms with Gasteiger partial charge in [0.2, 0.25) is 0 Å². The highest BCUT2D eigenvalue weighted by Crippen LogP contribution is 2.15. The van der Waals surface area contributed by atoms with Crippen LogP contribution in [-0.4, -0.2) is 13.7 Å². The number of methoxy groups -OCH3 is 1. The van der Waals surface area contributed by atoms with E-state index in [-0.39, 0.29) is 5.82 Å². The van der Waals surface area contributed by atoms with Crippen LogP contribution in [0.1, 0.15) is 17.5 Å². The molecule has 0 unspecified atom stereocenters. The standard InChI is InChI=1S/C17H20FNO/c1-20-16-10-9-15(17(18)12-16)13-19-11-5-8-14-6-3-2-4-7-14/h2-4,6-7,9-10,12,19H,5,8,11,13H2,1H3. The summed E-state index contributed by atoms with van der Waals surface area (Å²) in [5.74, 6) is 0.329. The van der Waals surface area contributed by atoms with Crippen molar-refractivity contribution >= 4 is 0 Å². The average Bonchev–Trinajstić information content (AvgIpc) is 2.49. The summed E-state index contributed by atoms with van der Waals surface area (Å²) >= 11 is 0. The van der Waals surface area contributed by atoms with Crippen LogP contribution in [0.5, 0.6) is 5.75 Å². The first kappa shape index (κ1) is 14.5. The van der Waals surface area contributed by atoms with Crippen molar-refractivity contribution in [3.63, 3.8) is 0 Å². The summed E-state index contributed by atoms with van der Waals surface area (Å²) in [6, 6.07) is 15.3. The predicted octanol–water partition coefficient (Wildman–Crippen LogP) is 3.56. The Hall–Kier alpha value is -1.87. The minimum atomic E-state index is -0.222. The summed E-state index contributed by atoms with van der Waals surface area (Å²) in [5, 5.41) is 3.27. The van der Waals surface area contributed by atoms with Gasteiger partial charge in [0.25, 0.3) is 0 Å². The van der Waals surface area contributed by atoms with Gasteiger partial charge in [-0.3, -0.25) is 0 Å². The van der Waals surface area contributed by atoms with Crippen molar-refractivity contribution in [2.24, 2.45) is 0 Å². The van der Waals surface area contributed by atoms with E-state index in [1.807, 2.05) is 6.07 Å². The number of hydrogen-bond acceptors (Lipinski definition) is 2. The fraction of sp³-hybridized carbons (Fsp3) is 0.294. The van der Waals surface area contributed by atoms with Crippen molar-refractivity contribution < 1.29 is 9.13 Å². The van der Waals surface area contributed by atoms with Crippen molar-refractivity contribution in [3.05, 3.63) is 65.5 Å². The van der Waals surface area contributed by atoms with Crippen molar-refractivity contribution in [2.75, 3.05) is 13.7 Å². The van der Waals surface area contributed by atoms with Gasteiger partial charge in [0.05, 0.1) is 7.11 Å². The molecule has 0 aliphatic carbocycles. The lowest BCUT2D eigenvalue weighted by atomic mass is 10.1. The van der Waals surface area contributed by atoms with Gasteiger partial charge in [-0.2, -0.15) is 0 Å². The zero-order valence-electron chi connectivity index (χ0n) is 11.7. The highest BCUT2D eigenvalue weighted by molar-refractivity contribution is 5.28. The van der Waals surface area contributed by atoms with Gasteiger partial charge in [-0.25, -0.2) is 4.39 Å². The van der Waals surface area contributed by atoms with Crippen LogP contribution < -0.4 is 10.1 Å². The Morgan fingerprint density at radius 3 is 2.60 bits per heavy atom. The van der Waals surface area contributed by atoms with Gasteiger partial charge >= 0.3 is 0 Å². The third-order valence-electron chi connectivity index (χ3n) is 3.24. The quantitative estimate of drug-likeness (QED) is 0.779. The third-order valence-corrected chi connectivity index (χ3v) is 3.24. The Bertz CT molecular complexity index is 528. The van der Waals surface area contributed by atoms with Gasteiger partial charge in [0, 0.05) is 18.2 Å². The van der Waals surface area contributed by atoms with Crippen molar-refractivity contribution in [1.82, 2.24) is 5.32 Å². The number of aryl methyl sites for hydroxylation is 1. The van der Waals surface area contributed by atoms with Crippen LogP contribution in [0, 0.1) is 5.82 Å². The smallest absolute Gasteiger partial charge is 0.131 e. The summed E-state index contributed by atoms with van der Waals surface area (Å²) in [7, 11) is 1.54. The van der Waals surface area contributed by atoms with Crippen LogP contribution in [0.4, 0.5) is 4.39 Å². The zero-order chi connectivity index (χ0) is 14.2. The fourth-order valence-electron chi connectivity index (χ4n) is 2.08. The maximum absolute atomic E-state index is 13.7. The number of hydrogen-bond donors (Lipinski definition) is 1. The SMILES string of the molecule is COc1ccc(CNCCCc2ccccc2)c(F)c1. The Balaban J connectivity index is 1.71. The molecule has 0 spiro atoms. The second-order valence-corrected chi connectivity index (χ2v) is 4.72. The predicted molar refractivity (Wildman–Crippen MR) is 79.4 cm³/mol. The van der Waals surface area contributed by atoms with Gasteiger partial charge in [-0.05, 0) is 31.0 Å². The molecule has 0 saturated carbocycles. The molecule has 0 bridgehead atoms. The molecule has 0 saturated heterocycles. The van der Waals surface area contributed by atoms with E-state index < -0.39 is 0 Å². The maximum Gasteiger partial charge on any atom is 0.131 e. The maximum atomic E-state index is 13.7. The molecule has 0 aromatic heterocycles. The van der Waals surface area contributed by atoms with E-state index in [9.17, 15) is 4.39 Å². The van der Waals surface area contributed by atoms with Gasteiger partial charge in [-0.1, -0.05) is 36.4 Å². The summed E-state index contributed by atoms with van der Waals surface area (Å²) in [4.78, 5) is 0. The number of nitrogens with one attached hydrogen (secondary N) is 1. The van der Waals surface area contributed by atoms with Crippen LogP contribution in [0.15, 0.2) is 48.5 Å². The molecule has 2 aromatic rings. The highest BCUT2D eigenvalue weighted by Gasteiger charge is 2.03. The number of ether oxygens (including phenoxy) is 1. The molecule has 1 N–H and O–H groups in total. The number of halogens is 1. The summed E-state index contributed by atoms with van der Waals surface area (Å²) < 4.78 is 18.7. The summed E-state index contributed by atoms with van der Waals surface area (Å²) in [6.45, 7) is 1.42. The molecule has 3 heteroatoms. The Labute approximate surface area is 119 Å². The third kappa shape index (κ3) is 4.35. The first-order valence-electron chi connectivity index (χ1n) is 6.86. The lowest BCUT2D eigenvalue weighted by molar-refractivity contribution is 0.410. The molecular formula is C17H20FNO. The Morgan fingerprint density at radius 2 is 1.90 bits per heavy atom. The second-order valence-electron chi connectivity index (χ2n) is 4.72. The van der Waals surface area contributed by atoms with E-state index >= 15 is 0 Å². The molecule has 0 amide bonds. The minimum Gasteiger partial charge on any atom is -0.497 e. The van der Waals surface area contributed by atoms with Crippen LogP contribution >= 0.6 is 0 Å². The number of benzene rings is 2. The molecular weight excluding hydrogens is 253 g/mol. The first-order chi connectivity index (χ1) is 9.79. The molecule has 0 heterocycles. The lowest BCUT2D eigenvalue weighted by Gasteiger charge is -2.07. The molecule has 0 atom stereocenters. The van der Waals surface area contributed by atoms with E-state index in [0.717, 1.165) is 19.4 Å². The Kier molecular flexibility index (Phi) is 5.56. The molecule has 0 aliphatic rings. The van der Waals surface area contributed by atoms with Crippen LogP contribution in [0.3, 0.4) is 0 Å². The van der Waals surface area contributed by atoms with Crippen molar-refractivity contribution in [2.45, 2.75) is 19.4 Å². The fourth-order valence-corrected chi connectivity index (χ4v) is 2.08. The van der Waals surface area contributed by atoms with Gasteiger partial charge in [-0.15, -0.1) is 0 Å². The van der Waals surface area contributed by atoms with E-state index in [0.29, 0.717) is 17.9 Å². The van der Waals surface area contributed by atoms with E-state index in [2.05, 4.69) is 29.6 Å². The van der Waals surface area contributed by atoms with Gasteiger partial charge in [0.15, 0.2) is 0 Å². The van der Waals surface area contributed by atoms with Gasteiger partial charge in [0.1, 0.15) is 11.6 Å². The van der Waals surface area contributed by atoms with Crippen LogP contribution in [0.25, 0.3) is 0 Å². The molecule has 0 fully saturated rings. The van der Waals surface area contributed by atoms with E-state index in [1.54, 1.807) is 12.1 Å². The number of rotatable bonds is 7. The summed E-state index contributed by atoms with van der Waals surface area (Å²) in [6.07, 6.45) is 2.08. The molecule has 2 nitrogen and oxygen atoms in total. The lowest BCUT2D eigenvalue weighted by Crippen LogP contribution is -2.16. The highest BCUT2D eigenvalue weighted by atomic mass is 19.1. The first-order valence-corrected chi connectivity index (χ1v) is 6.86. The van der Waals surface area contributed by atoms with Crippen LogP contribution in [0.2, 0.25) is 0 Å². The van der Waals surface area contributed by atoms with Crippen molar-refractivity contribution in [3.8, 4) is 5.75 Å². The molecule has 2 aromatic carbocycles. The molecule has 20 heavy (non-hydrogen) atoms. The largest absolute Gasteiger partial charge is 0.497 e. The average molecular weight is 273 g/mol. The van der Waals surface area contributed by atoms with Gasteiger partial charge < -0.3 is 10.1 Å². The Morgan fingerprint density at radius 1 is 1.10 bits per heavy atom. The van der Waals surface area contributed by atoms with E-state index in [1.165, 1.54) is 18.7 Å². The molecule has 0 radical (unpaired) electrons. The second kappa shape index (κ2) is 7.65. The van der Waals surface area contributed by atoms with Crippen LogP contribution in [-0.2, 0) is 13.0 Å². The molecule has 106 valence electrons.